The molecule has 1 aliphatic heterocycles. The molecular formula is C18H24F3N3O2. The van der Waals surface area contributed by atoms with Gasteiger partial charge in [-0.2, -0.15) is 13.2 Å². The molecule has 2 atom stereocenters. The van der Waals surface area contributed by atoms with Gasteiger partial charge in [-0.15, -0.1) is 0 Å². The number of nitrogens with one attached hydrogen (secondary N) is 2. The number of halogens is 3. The van der Waals surface area contributed by atoms with Crippen LogP contribution in [0.5, 0.6) is 0 Å². The van der Waals surface area contributed by atoms with Gasteiger partial charge in [-0.1, -0.05) is 32.0 Å². The molecule has 0 aromatic heterocycles. The third-order valence-electron chi connectivity index (χ3n) is 4.38. The molecule has 0 radical (unpaired) electrons. The minimum atomic E-state index is -4.45. The quantitative estimate of drug-likeness (QED) is 0.775. The lowest BCUT2D eigenvalue weighted by atomic mass is 10.0. The maximum Gasteiger partial charge on any atom is 0.406 e. The second kappa shape index (κ2) is 8.42. The van der Waals surface area contributed by atoms with E-state index < -0.39 is 24.5 Å². The van der Waals surface area contributed by atoms with E-state index in [1.165, 1.54) is 0 Å². The normalized spacial score (nSPS) is 18.9. The number of amides is 2. The monoisotopic (exact) mass is 371 g/mol. The van der Waals surface area contributed by atoms with Gasteiger partial charge in [0, 0.05) is 31.2 Å². The summed E-state index contributed by atoms with van der Waals surface area (Å²) < 4.78 is 37.4. The van der Waals surface area contributed by atoms with Crippen LogP contribution in [0.3, 0.4) is 0 Å². The first-order chi connectivity index (χ1) is 12.2. The van der Waals surface area contributed by atoms with Crippen LogP contribution in [0, 0.1) is 11.8 Å². The Labute approximate surface area is 150 Å². The van der Waals surface area contributed by atoms with E-state index in [1.807, 2.05) is 44.2 Å². The van der Waals surface area contributed by atoms with E-state index >= 15 is 0 Å². The first-order valence-corrected chi connectivity index (χ1v) is 8.59. The third kappa shape index (κ3) is 5.93. The SMILES string of the molecule is CC(C)C(CNC(=O)C1CC(=O)N(CC(F)(F)F)C1)Nc1ccccc1. The van der Waals surface area contributed by atoms with Gasteiger partial charge < -0.3 is 15.5 Å². The number of likely N-dealkylation sites (tertiary alicyclic amines) is 1. The molecule has 1 fully saturated rings. The molecule has 2 unspecified atom stereocenters. The van der Waals surface area contributed by atoms with E-state index in [2.05, 4.69) is 10.6 Å². The van der Waals surface area contributed by atoms with Gasteiger partial charge in [0.2, 0.25) is 11.8 Å². The number of para-hydroxylation sites is 1. The maximum absolute atomic E-state index is 12.5. The van der Waals surface area contributed by atoms with Crippen LogP contribution in [0.1, 0.15) is 20.3 Å². The second-order valence-electron chi connectivity index (χ2n) is 6.90. The Balaban J connectivity index is 1.87. The highest BCUT2D eigenvalue weighted by atomic mass is 19.4. The fourth-order valence-electron chi connectivity index (χ4n) is 2.87. The largest absolute Gasteiger partial charge is 0.406 e. The Kier molecular flexibility index (Phi) is 6.50. The van der Waals surface area contributed by atoms with Crippen LogP contribution >= 0.6 is 0 Å². The summed E-state index contributed by atoms with van der Waals surface area (Å²) >= 11 is 0. The van der Waals surface area contributed by atoms with Crippen molar-refractivity contribution in [3.05, 3.63) is 30.3 Å². The first-order valence-electron chi connectivity index (χ1n) is 8.59. The second-order valence-corrected chi connectivity index (χ2v) is 6.90. The molecule has 0 saturated carbocycles. The Hall–Kier alpha value is -2.25. The standard InChI is InChI=1S/C18H24F3N3O2/c1-12(2)15(23-14-6-4-3-5-7-14)9-22-17(26)13-8-16(25)24(10-13)11-18(19,20)21/h3-7,12-13,15,23H,8-11H2,1-2H3,(H,22,26). The minimum Gasteiger partial charge on any atom is -0.380 e. The average molecular weight is 371 g/mol. The number of hydrogen-bond acceptors (Lipinski definition) is 3. The van der Waals surface area contributed by atoms with Crippen molar-refractivity contribution in [2.45, 2.75) is 32.5 Å². The summed E-state index contributed by atoms with van der Waals surface area (Å²) in [7, 11) is 0. The molecule has 1 aromatic carbocycles. The number of nitrogens with zero attached hydrogens (tertiary/aromatic N) is 1. The Morgan fingerprint density at radius 3 is 2.50 bits per heavy atom. The molecule has 5 nitrogen and oxygen atoms in total. The van der Waals surface area contributed by atoms with Crippen LogP contribution in [0.25, 0.3) is 0 Å². The van der Waals surface area contributed by atoms with Gasteiger partial charge in [0.1, 0.15) is 6.54 Å². The van der Waals surface area contributed by atoms with Crippen LogP contribution in [-0.2, 0) is 9.59 Å². The number of carbonyl (C=O) groups is 2. The number of carbonyl (C=O) groups excluding carboxylic acids is 2. The zero-order valence-corrected chi connectivity index (χ0v) is 14.8. The van der Waals surface area contributed by atoms with Crippen molar-refractivity contribution in [2.24, 2.45) is 11.8 Å². The van der Waals surface area contributed by atoms with E-state index in [0.717, 1.165) is 5.69 Å². The molecule has 1 aliphatic rings. The summed E-state index contributed by atoms with van der Waals surface area (Å²) in [5.74, 6) is -1.54. The van der Waals surface area contributed by atoms with Crippen molar-refractivity contribution in [3.63, 3.8) is 0 Å². The molecule has 8 heteroatoms. The first kappa shape index (κ1) is 20.1. The van der Waals surface area contributed by atoms with Gasteiger partial charge in [-0.3, -0.25) is 9.59 Å². The van der Waals surface area contributed by atoms with Gasteiger partial charge in [-0.05, 0) is 18.1 Å². The summed E-state index contributed by atoms with van der Waals surface area (Å²) in [6.07, 6.45) is -4.64. The molecule has 26 heavy (non-hydrogen) atoms. The molecule has 0 spiro atoms. The average Bonchev–Trinajstić information content (AvgIpc) is 2.91. The van der Waals surface area contributed by atoms with Gasteiger partial charge >= 0.3 is 6.18 Å². The topological polar surface area (TPSA) is 61.4 Å². The molecule has 1 saturated heterocycles. The summed E-state index contributed by atoms with van der Waals surface area (Å²) in [4.78, 5) is 24.7. The Morgan fingerprint density at radius 2 is 1.92 bits per heavy atom. The molecule has 0 bridgehead atoms. The maximum atomic E-state index is 12.5. The van der Waals surface area contributed by atoms with Gasteiger partial charge in [-0.25, -0.2) is 0 Å². The number of rotatable bonds is 7. The van der Waals surface area contributed by atoms with Crippen molar-refractivity contribution >= 4 is 17.5 Å². The van der Waals surface area contributed by atoms with Crippen molar-refractivity contribution in [3.8, 4) is 0 Å². The summed E-state index contributed by atoms with van der Waals surface area (Å²) in [5.41, 5.74) is 0.924. The molecule has 144 valence electrons. The van der Waals surface area contributed by atoms with E-state index in [0.29, 0.717) is 11.4 Å². The summed E-state index contributed by atoms with van der Waals surface area (Å²) in [6, 6.07) is 9.50. The van der Waals surface area contributed by atoms with Gasteiger partial charge in [0.15, 0.2) is 0 Å². The van der Waals surface area contributed by atoms with Crippen LogP contribution in [0.15, 0.2) is 30.3 Å². The van der Waals surface area contributed by atoms with Crippen molar-refractivity contribution < 1.29 is 22.8 Å². The Bertz CT molecular complexity index is 620. The van der Waals surface area contributed by atoms with E-state index in [9.17, 15) is 22.8 Å². The number of anilines is 1. The summed E-state index contributed by atoms with van der Waals surface area (Å²) in [5, 5.41) is 6.10. The molecular weight excluding hydrogens is 347 g/mol. The van der Waals surface area contributed by atoms with Crippen molar-refractivity contribution in [2.75, 3.05) is 25.0 Å². The van der Waals surface area contributed by atoms with Crippen LogP contribution < -0.4 is 10.6 Å². The van der Waals surface area contributed by atoms with Crippen molar-refractivity contribution in [1.29, 1.82) is 0 Å². The van der Waals surface area contributed by atoms with Crippen LogP contribution in [0.2, 0.25) is 0 Å². The molecule has 0 aliphatic carbocycles. The fraction of sp³-hybridized carbons (Fsp3) is 0.556. The number of hydrogen-bond donors (Lipinski definition) is 2. The summed E-state index contributed by atoms with van der Waals surface area (Å²) in [6.45, 7) is 2.85. The smallest absolute Gasteiger partial charge is 0.380 e. The third-order valence-corrected chi connectivity index (χ3v) is 4.38. The molecule has 1 heterocycles. The fourth-order valence-corrected chi connectivity index (χ4v) is 2.87. The zero-order chi connectivity index (χ0) is 19.3. The van der Waals surface area contributed by atoms with Crippen LogP contribution in [0.4, 0.5) is 18.9 Å². The van der Waals surface area contributed by atoms with Crippen LogP contribution in [-0.4, -0.2) is 48.6 Å². The van der Waals surface area contributed by atoms with E-state index in [4.69, 9.17) is 0 Å². The lowest BCUT2D eigenvalue weighted by Crippen LogP contribution is -2.42. The zero-order valence-electron chi connectivity index (χ0n) is 14.8. The highest BCUT2D eigenvalue weighted by Crippen LogP contribution is 2.24. The highest BCUT2D eigenvalue weighted by molar-refractivity contribution is 5.89. The predicted molar refractivity (Wildman–Crippen MR) is 92.4 cm³/mol. The number of benzene rings is 1. The Morgan fingerprint density at radius 1 is 1.27 bits per heavy atom. The lowest BCUT2D eigenvalue weighted by Gasteiger charge is -2.24. The lowest BCUT2D eigenvalue weighted by molar-refractivity contribution is -0.157. The van der Waals surface area contributed by atoms with Gasteiger partial charge in [0.05, 0.1) is 5.92 Å². The van der Waals surface area contributed by atoms with E-state index in [-0.39, 0.29) is 30.8 Å². The molecule has 2 amide bonds. The number of alkyl halides is 3. The van der Waals surface area contributed by atoms with E-state index in [1.54, 1.807) is 0 Å². The predicted octanol–water partition coefficient (Wildman–Crippen LogP) is 2.65. The minimum absolute atomic E-state index is 0.0373. The van der Waals surface area contributed by atoms with Gasteiger partial charge in [0.25, 0.3) is 0 Å². The molecule has 1 aromatic rings. The highest BCUT2D eigenvalue weighted by Gasteiger charge is 2.40. The molecule has 2 rings (SSSR count). The van der Waals surface area contributed by atoms with Crippen molar-refractivity contribution in [1.82, 2.24) is 10.2 Å². The molecule has 2 N–H and O–H groups in total.